The summed E-state index contributed by atoms with van der Waals surface area (Å²) in [6.07, 6.45) is 6.13. The van der Waals surface area contributed by atoms with Crippen LogP contribution in [-0.2, 0) is 6.42 Å². The summed E-state index contributed by atoms with van der Waals surface area (Å²) >= 11 is 1.84. The molecule has 1 aliphatic rings. The predicted octanol–water partition coefficient (Wildman–Crippen LogP) is 4.15. The minimum atomic E-state index is 0.208. The van der Waals surface area contributed by atoms with Crippen LogP contribution in [0.3, 0.4) is 0 Å². The van der Waals surface area contributed by atoms with E-state index >= 15 is 0 Å². The van der Waals surface area contributed by atoms with Crippen molar-refractivity contribution in [3.8, 4) is 0 Å². The van der Waals surface area contributed by atoms with Crippen LogP contribution in [0.1, 0.15) is 76.2 Å². The molecule has 114 valence electrons. The van der Waals surface area contributed by atoms with Crippen molar-refractivity contribution >= 4 is 11.3 Å². The molecule has 20 heavy (non-hydrogen) atoms. The smallest absolute Gasteiger partial charge is 0.121 e. The van der Waals surface area contributed by atoms with E-state index in [1.54, 1.807) is 0 Å². The molecule has 0 aromatic carbocycles. The van der Waals surface area contributed by atoms with E-state index < -0.39 is 0 Å². The molecule has 2 rings (SSSR count). The van der Waals surface area contributed by atoms with Crippen molar-refractivity contribution in [2.75, 3.05) is 6.54 Å². The summed E-state index contributed by atoms with van der Waals surface area (Å²) in [5.74, 6) is 0.626. The summed E-state index contributed by atoms with van der Waals surface area (Å²) < 4.78 is 0. The van der Waals surface area contributed by atoms with Crippen molar-refractivity contribution in [3.05, 3.63) is 10.0 Å². The van der Waals surface area contributed by atoms with E-state index in [9.17, 15) is 0 Å². The van der Waals surface area contributed by atoms with Gasteiger partial charge in [0.25, 0.3) is 0 Å². The Morgan fingerprint density at radius 1 is 1.30 bits per heavy atom. The van der Waals surface area contributed by atoms with Crippen LogP contribution >= 0.6 is 11.3 Å². The Bertz CT molecular complexity index is 431. The fourth-order valence-corrected chi connectivity index (χ4v) is 4.23. The van der Waals surface area contributed by atoms with Gasteiger partial charge in [-0.3, -0.25) is 0 Å². The summed E-state index contributed by atoms with van der Waals surface area (Å²) in [6, 6.07) is 0. The first-order valence-electron chi connectivity index (χ1n) is 7.85. The molecule has 0 amide bonds. The Balaban J connectivity index is 1.84. The van der Waals surface area contributed by atoms with Gasteiger partial charge in [-0.25, -0.2) is 0 Å². The van der Waals surface area contributed by atoms with Gasteiger partial charge in [-0.2, -0.15) is 0 Å². The van der Waals surface area contributed by atoms with Crippen LogP contribution in [0, 0.1) is 5.41 Å². The lowest BCUT2D eigenvalue weighted by Crippen LogP contribution is -2.36. The van der Waals surface area contributed by atoms with Gasteiger partial charge < -0.3 is 5.32 Å². The van der Waals surface area contributed by atoms with Crippen LogP contribution in [0.15, 0.2) is 0 Å². The minimum Gasteiger partial charge on any atom is -0.312 e. The van der Waals surface area contributed by atoms with E-state index in [2.05, 4.69) is 50.1 Å². The Morgan fingerprint density at radius 2 is 2.05 bits per heavy atom. The number of nitrogens with one attached hydrogen (secondary N) is 1. The van der Waals surface area contributed by atoms with Gasteiger partial charge in [-0.05, 0) is 52.0 Å². The highest BCUT2D eigenvalue weighted by Crippen LogP contribution is 2.49. The maximum absolute atomic E-state index is 4.47. The lowest BCUT2D eigenvalue weighted by atomic mass is 9.82. The third-order valence-corrected chi connectivity index (χ3v) is 5.36. The van der Waals surface area contributed by atoms with Crippen LogP contribution in [0.25, 0.3) is 0 Å². The standard InChI is InChI=1S/C16H29N3S/c1-15(2,3)17-11-7-9-13-18-19-14(20-13)12-8-6-10-16(12,4)5/h12,17H,6-11H2,1-5H3. The molecule has 4 heteroatoms. The monoisotopic (exact) mass is 295 g/mol. The second-order valence-electron chi connectivity index (χ2n) is 7.75. The second-order valence-corrected chi connectivity index (χ2v) is 8.84. The largest absolute Gasteiger partial charge is 0.312 e. The van der Waals surface area contributed by atoms with Gasteiger partial charge in [0, 0.05) is 17.9 Å². The van der Waals surface area contributed by atoms with Crippen molar-refractivity contribution in [1.82, 2.24) is 15.5 Å². The predicted molar refractivity (Wildman–Crippen MR) is 86.4 cm³/mol. The van der Waals surface area contributed by atoms with Gasteiger partial charge in [0.15, 0.2) is 0 Å². The Morgan fingerprint density at radius 3 is 2.65 bits per heavy atom. The van der Waals surface area contributed by atoms with Crippen molar-refractivity contribution in [1.29, 1.82) is 0 Å². The number of hydrogen-bond donors (Lipinski definition) is 1. The van der Waals surface area contributed by atoms with Gasteiger partial charge in [-0.1, -0.05) is 20.3 Å². The third-order valence-electron chi connectivity index (χ3n) is 4.26. The van der Waals surface area contributed by atoms with Gasteiger partial charge in [0.2, 0.25) is 0 Å². The molecule has 0 bridgehead atoms. The van der Waals surface area contributed by atoms with Crippen LogP contribution in [0.5, 0.6) is 0 Å². The molecule has 0 spiro atoms. The van der Waals surface area contributed by atoms with E-state index in [0.717, 1.165) is 19.4 Å². The number of hydrogen-bond acceptors (Lipinski definition) is 4. The molecule has 1 unspecified atom stereocenters. The molecular formula is C16H29N3S. The fourth-order valence-electron chi connectivity index (χ4n) is 3.00. The highest BCUT2D eigenvalue weighted by atomic mass is 32.1. The number of aryl methyl sites for hydroxylation is 1. The number of aromatic nitrogens is 2. The molecule has 1 heterocycles. The van der Waals surface area contributed by atoms with Crippen molar-refractivity contribution < 1.29 is 0 Å². The Kier molecular flexibility index (Phi) is 4.85. The summed E-state index contributed by atoms with van der Waals surface area (Å²) in [6.45, 7) is 12.4. The fraction of sp³-hybridized carbons (Fsp3) is 0.875. The molecule has 0 aliphatic heterocycles. The molecule has 0 saturated heterocycles. The van der Waals surface area contributed by atoms with Crippen LogP contribution in [0.2, 0.25) is 0 Å². The zero-order chi connectivity index (χ0) is 14.8. The van der Waals surface area contributed by atoms with Gasteiger partial charge in [0.05, 0.1) is 0 Å². The highest BCUT2D eigenvalue weighted by Gasteiger charge is 2.37. The second kappa shape index (κ2) is 6.10. The van der Waals surface area contributed by atoms with E-state index in [1.807, 2.05) is 11.3 Å². The third kappa shape index (κ3) is 4.26. The summed E-state index contributed by atoms with van der Waals surface area (Å²) in [7, 11) is 0. The lowest BCUT2D eigenvalue weighted by Gasteiger charge is -2.24. The van der Waals surface area contributed by atoms with Crippen LogP contribution in [0.4, 0.5) is 0 Å². The minimum absolute atomic E-state index is 0.208. The quantitative estimate of drug-likeness (QED) is 0.829. The molecule has 1 aliphatic carbocycles. The van der Waals surface area contributed by atoms with Crippen molar-refractivity contribution in [3.63, 3.8) is 0 Å². The molecule has 1 N–H and O–H groups in total. The lowest BCUT2D eigenvalue weighted by molar-refractivity contribution is 0.330. The highest BCUT2D eigenvalue weighted by molar-refractivity contribution is 7.11. The van der Waals surface area contributed by atoms with Crippen LogP contribution in [-0.4, -0.2) is 22.3 Å². The van der Waals surface area contributed by atoms with Crippen LogP contribution < -0.4 is 5.32 Å². The maximum atomic E-state index is 4.47. The maximum Gasteiger partial charge on any atom is 0.121 e. The molecule has 3 nitrogen and oxygen atoms in total. The van der Waals surface area contributed by atoms with Crippen molar-refractivity contribution in [2.45, 2.75) is 78.2 Å². The first-order valence-corrected chi connectivity index (χ1v) is 8.67. The van der Waals surface area contributed by atoms with Gasteiger partial charge in [-0.15, -0.1) is 21.5 Å². The zero-order valence-electron chi connectivity index (χ0n) is 13.6. The average molecular weight is 295 g/mol. The average Bonchev–Trinajstić information content (AvgIpc) is 2.89. The molecular weight excluding hydrogens is 266 g/mol. The number of rotatable bonds is 5. The van der Waals surface area contributed by atoms with E-state index in [0.29, 0.717) is 11.3 Å². The molecule has 1 saturated carbocycles. The Hall–Kier alpha value is -0.480. The van der Waals surface area contributed by atoms with E-state index in [-0.39, 0.29) is 5.54 Å². The molecule has 1 fully saturated rings. The summed E-state index contributed by atoms with van der Waals surface area (Å²) in [4.78, 5) is 0. The molecule has 0 radical (unpaired) electrons. The van der Waals surface area contributed by atoms with Gasteiger partial charge in [0.1, 0.15) is 10.0 Å². The summed E-state index contributed by atoms with van der Waals surface area (Å²) in [5, 5.41) is 14.9. The van der Waals surface area contributed by atoms with E-state index in [4.69, 9.17) is 0 Å². The summed E-state index contributed by atoms with van der Waals surface area (Å²) in [5.41, 5.74) is 0.616. The SMILES string of the molecule is CC(C)(C)NCCCc1nnc(C2CCCC2(C)C)s1. The Labute approximate surface area is 127 Å². The van der Waals surface area contributed by atoms with Crippen molar-refractivity contribution in [2.24, 2.45) is 5.41 Å². The zero-order valence-corrected chi connectivity index (χ0v) is 14.4. The topological polar surface area (TPSA) is 37.8 Å². The van der Waals surface area contributed by atoms with Gasteiger partial charge >= 0.3 is 0 Å². The number of nitrogens with zero attached hydrogens (tertiary/aromatic N) is 2. The molecule has 1 aromatic heterocycles. The molecule has 1 atom stereocenters. The first-order chi connectivity index (χ1) is 9.28. The molecule has 1 aromatic rings. The normalized spacial score (nSPS) is 22.4. The van der Waals surface area contributed by atoms with E-state index in [1.165, 1.54) is 29.3 Å². The first kappa shape index (κ1) is 15.9.